The van der Waals surface area contributed by atoms with Crippen molar-refractivity contribution in [1.29, 1.82) is 0 Å². The van der Waals surface area contributed by atoms with Crippen LogP contribution in [0.2, 0.25) is 0 Å². The molecule has 0 aromatic carbocycles. The molecule has 0 saturated carbocycles. The molecule has 0 N–H and O–H groups in total. The quantitative estimate of drug-likeness (QED) is 0.635. The zero-order valence-corrected chi connectivity index (χ0v) is 9.54. The number of hydrogen-bond acceptors (Lipinski definition) is 1. The summed E-state index contributed by atoms with van der Waals surface area (Å²) in [4.78, 5) is 2.19. The monoisotopic (exact) mass is 189 g/mol. The van der Waals surface area contributed by atoms with Crippen molar-refractivity contribution in [2.24, 2.45) is 0 Å². The van der Waals surface area contributed by atoms with Gasteiger partial charge in [-0.15, -0.1) is 0 Å². The molecule has 0 aromatic heterocycles. The number of nitrogens with zero attached hydrogens (tertiary/aromatic N) is 1. The molecule has 0 aromatic rings. The largest absolute Gasteiger partial charge is 0.324 e. The summed E-state index contributed by atoms with van der Waals surface area (Å²) in [7, 11) is 0. The van der Waals surface area contributed by atoms with Crippen molar-refractivity contribution in [3.63, 3.8) is 0 Å². The SMILES string of the molecule is C/C=C1\C=CC(C)=CN1/C=C(/C)CC. The maximum atomic E-state index is 2.20. The molecule has 1 aliphatic rings. The molecule has 76 valence electrons. The van der Waals surface area contributed by atoms with Gasteiger partial charge in [-0.2, -0.15) is 0 Å². The summed E-state index contributed by atoms with van der Waals surface area (Å²) in [6.07, 6.45) is 11.9. The molecule has 0 amide bonds. The number of allylic oxidation sites excluding steroid dienone is 5. The van der Waals surface area contributed by atoms with E-state index >= 15 is 0 Å². The van der Waals surface area contributed by atoms with E-state index < -0.39 is 0 Å². The van der Waals surface area contributed by atoms with Crippen LogP contribution in [0.3, 0.4) is 0 Å². The summed E-state index contributed by atoms with van der Waals surface area (Å²) in [6, 6.07) is 0. The van der Waals surface area contributed by atoms with Crippen LogP contribution in [0.25, 0.3) is 0 Å². The van der Waals surface area contributed by atoms with Crippen LogP contribution in [-0.4, -0.2) is 4.90 Å². The van der Waals surface area contributed by atoms with Crippen LogP contribution in [0.1, 0.15) is 34.1 Å². The molecule has 0 radical (unpaired) electrons. The lowest BCUT2D eigenvalue weighted by molar-refractivity contribution is 0.627. The van der Waals surface area contributed by atoms with E-state index in [0.717, 1.165) is 6.42 Å². The second-order valence-electron chi connectivity index (χ2n) is 3.66. The Balaban J connectivity index is 2.91. The molecule has 1 heterocycles. The van der Waals surface area contributed by atoms with Crippen molar-refractivity contribution in [2.75, 3.05) is 0 Å². The minimum atomic E-state index is 1.10. The van der Waals surface area contributed by atoms with Crippen LogP contribution >= 0.6 is 0 Å². The maximum absolute atomic E-state index is 2.20. The third-order valence-corrected chi connectivity index (χ3v) is 2.37. The molecule has 0 aliphatic carbocycles. The molecule has 0 saturated heterocycles. The van der Waals surface area contributed by atoms with E-state index in [1.54, 1.807) is 0 Å². The third kappa shape index (κ3) is 2.63. The van der Waals surface area contributed by atoms with Crippen molar-refractivity contribution in [2.45, 2.75) is 34.1 Å². The summed E-state index contributed by atoms with van der Waals surface area (Å²) < 4.78 is 0. The average Bonchev–Trinajstić information content (AvgIpc) is 2.18. The molecular weight excluding hydrogens is 170 g/mol. The fourth-order valence-corrected chi connectivity index (χ4v) is 1.33. The van der Waals surface area contributed by atoms with E-state index in [1.807, 2.05) is 0 Å². The molecule has 0 bridgehead atoms. The van der Waals surface area contributed by atoms with E-state index in [0.29, 0.717) is 0 Å². The molecule has 0 spiro atoms. The van der Waals surface area contributed by atoms with Crippen molar-refractivity contribution >= 4 is 0 Å². The van der Waals surface area contributed by atoms with Gasteiger partial charge in [0.25, 0.3) is 0 Å². The first-order chi connectivity index (χ1) is 6.67. The zero-order valence-electron chi connectivity index (χ0n) is 9.54. The first kappa shape index (κ1) is 10.8. The van der Waals surface area contributed by atoms with Gasteiger partial charge in [0.05, 0.1) is 0 Å². The van der Waals surface area contributed by atoms with E-state index in [-0.39, 0.29) is 0 Å². The van der Waals surface area contributed by atoms with Crippen LogP contribution in [0.4, 0.5) is 0 Å². The Morgan fingerprint density at radius 2 is 2.14 bits per heavy atom. The summed E-state index contributed by atoms with van der Waals surface area (Å²) in [6.45, 7) is 8.52. The van der Waals surface area contributed by atoms with Crippen molar-refractivity contribution in [3.8, 4) is 0 Å². The molecule has 1 aliphatic heterocycles. The summed E-state index contributed by atoms with van der Waals surface area (Å²) in [5, 5.41) is 0. The Kier molecular flexibility index (Phi) is 3.75. The lowest BCUT2D eigenvalue weighted by atomic mass is 10.1. The molecule has 0 atom stereocenters. The first-order valence-corrected chi connectivity index (χ1v) is 5.15. The van der Waals surface area contributed by atoms with E-state index in [1.165, 1.54) is 16.8 Å². The summed E-state index contributed by atoms with van der Waals surface area (Å²) in [5.41, 5.74) is 3.92. The average molecular weight is 189 g/mol. The molecular formula is C13H19N. The second kappa shape index (κ2) is 4.85. The highest BCUT2D eigenvalue weighted by molar-refractivity contribution is 5.34. The van der Waals surface area contributed by atoms with Crippen LogP contribution < -0.4 is 0 Å². The van der Waals surface area contributed by atoms with Gasteiger partial charge in [-0.25, -0.2) is 0 Å². The minimum Gasteiger partial charge on any atom is -0.324 e. The Bertz CT molecular complexity index is 316. The molecule has 1 nitrogen and oxygen atoms in total. The fraction of sp³-hybridized carbons (Fsp3) is 0.385. The van der Waals surface area contributed by atoms with Gasteiger partial charge in [-0.05, 0) is 38.8 Å². The lowest BCUT2D eigenvalue weighted by Crippen LogP contribution is -2.11. The van der Waals surface area contributed by atoms with Gasteiger partial charge in [-0.3, -0.25) is 0 Å². The van der Waals surface area contributed by atoms with Crippen molar-refractivity contribution in [1.82, 2.24) is 4.90 Å². The van der Waals surface area contributed by atoms with Gasteiger partial charge in [0, 0.05) is 18.1 Å². The highest BCUT2D eigenvalue weighted by Gasteiger charge is 2.05. The maximum Gasteiger partial charge on any atom is 0.0406 e. The topological polar surface area (TPSA) is 3.24 Å². The predicted octanol–water partition coefficient (Wildman–Crippen LogP) is 3.98. The Morgan fingerprint density at radius 3 is 2.71 bits per heavy atom. The smallest absolute Gasteiger partial charge is 0.0406 e. The molecule has 1 rings (SSSR count). The van der Waals surface area contributed by atoms with Gasteiger partial charge in [0.2, 0.25) is 0 Å². The van der Waals surface area contributed by atoms with Crippen LogP contribution in [0.5, 0.6) is 0 Å². The van der Waals surface area contributed by atoms with Crippen LogP contribution in [0.15, 0.2) is 47.5 Å². The molecule has 0 fully saturated rings. The van der Waals surface area contributed by atoms with Crippen LogP contribution in [0, 0.1) is 0 Å². The van der Waals surface area contributed by atoms with Gasteiger partial charge >= 0.3 is 0 Å². The summed E-state index contributed by atoms with van der Waals surface area (Å²) in [5.74, 6) is 0. The Hall–Kier alpha value is -1.24. The van der Waals surface area contributed by atoms with Crippen LogP contribution in [-0.2, 0) is 0 Å². The van der Waals surface area contributed by atoms with Gasteiger partial charge < -0.3 is 4.90 Å². The lowest BCUT2D eigenvalue weighted by Gasteiger charge is -2.22. The Labute approximate surface area is 87.1 Å². The Morgan fingerprint density at radius 1 is 1.43 bits per heavy atom. The van der Waals surface area contributed by atoms with Gasteiger partial charge in [0.15, 0.2) is 0 Å². The van der Waals surface area contributed by atoms with E-state index in [2.05, 4.69) is 63.2 Å². The molecule has 14 heavy (non-hydrogen) atoms. The normalized spacial score (nSPS) is 20.3. The third-order valence-electron chi connectivity index (χ3n) is 2.37. The number of hydrogen-bond donors (Lipinski definition) is 0. The molecule has 1 heteroatoms. The number of rotatable bonds is 2. The van der Waals surface area contributed by atoms with Gasteiger partial charge in [0.1, 0.15) is 0 Å². The standard InChI is InChI=1S/C13H19N/c1-5-11(3)9-14-10-12(4)7-8-13(14)6-2/h6-10H,5H2,1-4H3/b11-9-,13-6+. The van der Waals surface area contributed by atoms with Crippen molar-refractivity contribution < 1.29 is 0 Å². The van der Waals surface area contributed by atoms with E-state index in [4.69, 9.17) is 0 Å². The van der Waals surface area contributed by atoms with Crippen molar-refractivity contribution in [3.05, 3.63) is 47.5 Å². The minimum absolute atomic E-state index is 1.10. The highest BCUT2D eigenvalue weighted by atomic mass is 15.1. The summed E-state index contributed by atoms with van der Waals surface area (Å²) >= 11 is 0. The van der Waals surface area contributed by atoms with Gasteiger partial charge in [-0.1, -0.05) is 24.6 Å². The van der Waals surface area contributed by atoms with E-state index in [9.17, 15) is 0 Å². The fourth-order valence-electron chi connectivity index (χ4n) is 1.33. The first-order valence-electron chi connectivity index (χ1n) is 5.15. The molecule has 0 unspecified atom stereocenters. The zero-order chi connectivity index (χ0) is 10.6. The predicted molar refractivity (Wildman–Crippen MR) is 62.5 cm³/mol. The highest BCUT2D eigenvalue weighted by Crippen LogP contribution is 2.18. The second-order valence-corrected chi connectivity index (χ2v) is 3.66.